The zero-order valence-electron chi connectivity index (χ0n) is 20.1. The number of carbonyl (C=O) groups is 3. The van der Waals surface area contributed by atoms with Gasteiger partial charge in [0.15, 0.2) is 12.1 Å². The fourth-order valence-corrected chi connectivity index (χ4v) is 7.28. The van der Waals surface area contributed by atoms with Crippen LogP contribution in [0.5, 0.6) is 0 Å². The van der Waals surface area contributed by atoms with Crippen molar-refractivity contribution in [3.63, 3.8) is 0 Å². The molecule has 3 heterocycles. The molecule has 0 radical (unpaired) electrons. The summed E-state index contributed by atoms with van der Waals surface area (Å²) in [5.74, 6) is -2.12. The highest BCUT2D eigenvalue weighted by Crippen LogP contribution is 2.65. The SMILES string of the molecule is COC(=O)[C@@H]1C[C@H](OC2CCCCO2)C(=O)[C@H]2[C@@]1(C)CC[C@H]1C(=O)O[C@H](c3ccoc3)C[C@]21C. The minimum Gasteiger partial charge on any atom is -0.472 e. The first kappa shape index (κ1) is 23.5. The average molecular weight is 475 g/mol. The molecule has 2 aliphatic heterocycles. The van der Waals surface area contributed by atoms with Crippen molar-refractivity contribution >= 4 is 17.7 Å². The highest BCUT2D eigenvalue weighted by molar-refractivity contribution is 5.92. The number of fused-ring (bicyclic) bond motifs is 3. The number of ether oxygens (including phenoxy) is 4. The highest BCUT2D eigenvalue weighted by atomic mass is 16.7. The molecule has 5 rings (SSSR count). The lowest BCUT2D eigenvalue weighted by Gasteiger charge is -2.61. The minimum absolute atomic E-state index is 0.0373. The van der Waals surface area contributed by atoms with Gasteiger partial charge in [-0.25, -0.2) is 0 Å². The molecule has 1 aromatic heterocycles. The molecule has 2 aliphatic carbocycles. The molecule has 0 N–H and O–H groups in total. The Balaban J connectivity index is 1.53. The Kier molecular flexibility index (Phi) is 6.09. The van der Waals surface area contributed by atoms with Crippen molar-refractivity contribution in [1.82, 2.24) is 0 Å². The van der Waals surface area contributed by atoms with Gasteiger partial charge >= 0.3 is 11.9 Å². The standard InChI is InChI=1S/C26H34O8/c1-25-9-7-16-24(29)34-19(15-8-11-31-14-15)13-26(16,2)22(25)21(27)18(12-17(25)23(28)30-3)33-20-6-4-5-10-32-20/h8,11,14,16-20,22H,4-7,9-10,12-13H2,1-3H3/t16-,17-,18-,19-,20?,22-,25-,26-/m0/s1. The van der Waals surface area contributed by atoms with Crippen molar-refractivity contribution in [2.24, 2.45) is 28.6 Å². The van der Waals surface area contributed by atoms with Crippen LogP contribution in [0, 0.1) is 28.6 Å². The molecular weight excluding hydrogens is 440 g/mol. The van der Waals surface area contributed by atoms with E-state index in [-0.39, 0.29) is 24.1 Å². The van der Waals surface area contributed by atoms with E-state index < -0.39 is 47.1 Å². The molecule has 0 amide bonds. The number of Topliss-reactive ketones (excluding diaryl/α,β-unsaturated/α-hetero) is 1. The number of cyclic esters (lactones) is 1. The lowest BCUT2D eigenvalue weighted by molar-refractivity contribution is -0.229. The van der Waals surface area contributed by atoms with E-state index in [1.807, 2.05) is 13.8 Å². The molecule has 2 saturated heterocycles. The summed E-state index contributed by atoms with van der Waals surface area (Å²) in [5.41, 5.74) is -0.554. The Morgan fingerprint density at radius 1 is 1.15 bits per heavy atom. The number of esters is 2. The summed E-state index contributed by atoms with van der Waals surface area (Å²) in [4.78, 5) is 40.4. The summed E-state index contributed by atoms with van der Waals surface area (Å²) in [6, 6.07) is 1.79. The molecular formula is C26H34O8. The fourth-order valence-electron chi connectivity index (χ4n) is 7.28. The third-order valence-corrected chi connectivity index (χ3v) is 8.96. The lowest BCUT2D eigenvalue weighted by atomic mass is 9.43. The molecule has 8 heteroatoms. The number of rotatable bonds is 4. The van der Waals surface area contributed by atoms with Gasteiger partial charge in [0.2, 0.25) is 0 Å². The monoisotopic (exact) mass is 474 g/mol. The van der Waals surface area contributed by atoms with Crippen LogP contribution in [0.2, 0.25) is 0 Å². The summed E-state index contributed by atoms with van der Waals surface area (Å²) >= 11 is 0. The Hall–Kier alpha value is -2.19. The van der Waals surface area contributed by atoms with E-state index in [0.717, 1.165) is 24.8 Å². The van der Waals surface area contributed by atoms with E-state index in [1.54, 1.807) is 18.6 Å². The van der Waals surface area contributed by atoms with Crippen LogP contribution in [0.15, 0.2) is 23.0 Å². The average Bonchev–Trinajstić information content (AvgIpc) is 3.35. The van der Waals surface area contributed by atoms with Crippen LogP contribution < -0.4 is 0 Å². The maximum Gasteiger partial charge on any atom is 0.310 e. The number of ketones is 1. The Labute approximate surface area is 199 Å². The summed E-state index contributed by atoms with van der Waals surface area (Å²) < 4.78 is 28.2. The van der Waals surface area contributed by atoms with Crippen molar-refractivity contribution in [3.8, 4) is 0 Å². The number of hydrogen-bond acceptors (Lipinski definition) is 8. The Morgan fingerprint density at radius 3 is 2.65 bits per heavy atom. The van der Waals surface area contributed by atoms with E-state index in [1.165, 1.54) is 7.11 Å². The van der Waals surface area contributed by atoms with E-state index in [9.17, 15) is 14.4 Å². The third-order valence-electron chi connectivity index (χ3n) is 8.96. The van der Waals surface area contributed by atoms with Gasteiger partial charge in [0.25, 0.3) is 0 Å². The summed E-state index contributed by atoms with van der Waals surface area (Å²) in [5, 5.41) is 0. The molecule has 8 nitrogen and oxygen atoms in total. The second-order valence-electron chi connectivity index (χ2n) is 10.9. The number of carbonyl (C=O) groups excluding carboxylic acids is 3. The molecule has 186 valence electrons. The van der Waals surface area contributed by atoms with Gasteiger partial charge in [-0.1, -0.05) is 13.8 Å². The van der Waals surface area contributed by atoms with Crippen molar-refractivity contribution in [2.45, 2.75) is 77.3 Å². The maximum absolute atomic E-state index is 14.2. The molecule has 0 bridgehead atoms. The first-order chi connectivity index (χ1) is 16.3. The van der Waals surface area contributed by atoms with Gasteiger partial charge in [0.05, 0.1) is 31.5 Å². The summed E-state index contributed by atoms with van der Waals surface area (Å²) in [6.07, 6.45) is 5.98. The predicted molar refractivity (Wildman–Crippen MR) is 118 cm³/mol. The first-order valence-electron chi connectivity index (χ1n) is 12.4. The third kappa shape index (κ3) is 3.70. The largest absolute Gasteiger partial charge is 0.472 e. The Morgan fingerprint density at radius 2 is 1.97 bits per heavy atom. The molecule has 2 saturated carbocycles. The van der Waals surface area contributed by atoms with Crippen LogP contribution in [0.3, 0.4) is 0 Å². The van der Waals surface area contributed by atoms with E-state index in [0.29, 0.717) is 25.9 Å². The van der Waals surface area contributed by atoms with Gasteiger partial charge in [0, 0.05) is 18.1 Å². The van der Waals surface area contributed by atoms with Gasteiger partial charge in [-0.05, 0) is 61.8 Å². The van der Waals surface area contributed by atoms with Crippen LogP contribution in [0.4, 0.5) is 0 Å². The smallest absolute Gasteiger partial charge is 0.310 e. The van der Waals surface area contributed by atoms with Crippen LogP contribution in [-0.2, 0) is 33.3 Å². The normalized spacial score (nSPS) is 42.3. The zero-order chi connectivity index (χ0) is 24.1. The summed E-state index contributed by atoms with van der Waals surface area (Å²) in [6.45, 7) is 4.63. The van der Waals surface area contributed by atoms with Crippen molar-refractivity contribution in [2.75, 3.05) is 13.7 Å². The van der Waals surface area contributed by atoms with Gasteiger partial charge in [0.1, 0.15) is 12.2 Å². The maximum atomic E-state index is 14.2. The highest BCUT2D eigenvalue weighted by Gasteiger charge is 2.67. The van der Waals surface area contributed by atoms with Crippen LogP contribution >= 0.6 is 0 Å². The van der Waals surface area contributed by atoms with E-state index in [2.05, 4.69) is 0 Å². The number of methoxy groups -OCH3 is 1. The van der Waals surface area contributed by atoms with Crippen molar-refractivity contribution < 1.29 is 37.7 Å². The lowest BCUT2D eigenvalue weighted by Crippen LogP contribution is -2.65. The molecule has 4 aliphatic rings. The van der Waals surface area contributed by atoms with Crippen LogP contribution in [0.1, 0.15) is 70.5 Å². The molecule has 1 aromatic rings. The molecule has 1 unspecified atom stereocenters. The van der Waals surface area contributed by atoms with Crippen LogP contribution in [-0.4, -0.2) is 43.8 Å². The quantitative estimate of drug-likeness (QED) is 0.477. The van der Waals surface area contributed by atoms with Crippen LogP contribution in [0.25, 0.3) is 0 Å². The number of hydrogen-bond donors (Lipinski definition) is 0. The predicted octanol–water partition coefficient (Wildman–Crippen LogP) is 3.98. The topological polar surface area (TPSA) is 101 Å². The van der Waals surface area contributed by atoms with Gasteiger partial charge in [-0.2, -0.15) is 0 Å². The van der Waals surface area contributed by atoms with Crippen molar-refractivity contribution in [1.29, 1.82) is 0 Å². The minimum atomic E-state index is -0.772. The second-order valence-corrected chi connectivity index (χ2v) is 10.9. The second kappa shape index (κ2) is 8.79. The fraction of sp³-hybridized carbons (Fsp3) is 0.731. The van der Waals surface area contributed by atoms with Gasteiger partial charge in [-0.15, -0.1) is 0 Å². The van der Waals surface area contributed by atoms with E-state index >= 15 is 0 Å². The first-order valence-corrected chi connectivity index (χ1v) is 12.4. The van der Waals surface area contributed by atoms with Crippen molar-refractivity contribution in [3.05, 3.63) is 24.2 Å². The molecule has 0 spiro atoms. The molecule has 8 atom stereocenters. The van der Waals surface area contributed by atoms with Gasteiger partial charge < -0.3 is 23.4 Å². The molecule has 4 fully saturated rings. The van der Waals surface area contributed by atoms with E-state index in [4.69, 9.17) is 23.4 Å². The zero-order valence-corrected chi connectivity index (χ0v) is 20.1. The molecule has 34 heavy (non-hydrogen) atoms. The number of furan rings is 1. The van der Waals surface area contributed by atoms with Gasteiger partial charge in [-0.3, -0.25) is 14.4 Å². The summed E-state index contributed by atoms with van der Waals surface area (Å²) in [7, 11) is 1.39. The molecule has 0 aromatic carbocycles. The Bertz CT molecular complexity index is 935.